The van der Waals surface area contributed by atoms with E-state index in [1.165, 1.54) is 0 Å². The predicted molar refractivity (Wildman–Crippen MR) is 96.7 cm³/mol. The molecule has 0 radical (unpaired) electrons. The zero-order chi connectivity index (χ0) is 18.0. The molecule has 2 aliphatic rings. The average molecular weight is 346 g/mol. The highest BCUT2D eigenvalue weighted by Gasteiger charge is 2.39. The molecule has 3 rings (SSSR count). The van der Waals surface area contributed by atoms with Gasteiger partial charge in [0, 0.05) is 38.4 Å². The summed E-state index contributed by atoms with van der Waals surface area (Å²) in [5, 5.41) is 0. The van der Waals surface area contributed by atoms with Gasteiger partial charge in [-0.05, 0) is 18.8 Å². The van der Waals surface area contributed by atoms with Crippen molar-refractivity contribution in [3.05, 3.63) is 23.3 Å². The first-order chi connectivity index (χ1) is 12.0. The summed E-state index contributed by atoms with van der Waals surface area (Å²) >= 11 is 0. The number of hydrogen-bond donors (Lipinski definition) is 0. The number of carbonyl (C=O) groups excluding carboxylic acids is 1. The minimum Gasteiger partial charge on any atom is -0.379 e. The first-order valence-corrected chi connectivity index (χ1v) is 9.45. The van der Waals surface area contributed by atoms with E-state index in [0.717, 1.165) is 57.3 Å². The van der Waals surface area contributed by atoms with E-state index < -0.39 is 0 Å². The molecule has 0 saturated carbocycles. The second-order valence-corrected chi connectivity index (χ2v) is 7.46. The molecule has 0 aromatic carbocycles. The van der Waals surface area contributed by atoms with Crippen molar-refractivity contribution < 1.29 is 9.53 Å². The second kappa shape index (κ2) is 7.79. The predicted octanol–water partition coefficient (Wildman–Crippen LogP) is 2.09. The molecule has 2 atom stereocenters. The summed E-state index contributed by atoms with van der Waals surface area (Å²) in [7, 11) is 0. The molecule has 25 heavy (non-hydrogen) atoms. The van der Waals surface area contributed by atoms with Gasteiger partial charge in [-0.1, -0.05) is 27.2 Å². The Morgan fingerprint density at radius 3 is 2.68 bits per heavy atom. The number of rotatable bonds is 4. The third-order valence-electron chi connectivity index (χ3n) is 5.45. The Morgan fingerprint density at radius 1 is 1.32 bits per heavy atom. The van der Waals surface area contributed by atoms with Crippen LogP contribution in [0.3, 0.4) is 0 Å². The van der Waals surface area contributed by atoms with Crippen molar-refractivity contribution in [2.75, 3.05) is 39.4 Å². The number of aromatic nitrogens is 2. The first-order valence-electron chi connectivity index (χ1n) is 9.45. The molecule has 1 aromatic heterocycles. The van der Waals surface area contributed by atoms with Gasteiger partial charge in [-0.2, -0.15) is 0 Å². The van der Waals surface area contributed by atoms with Gasteiger partial charge in [-0.3, -0.25) is 9.69 Å². The summed E-state index contributed by atoms with van der Waals surface area (Å²) in [6.07, 6.45) is 2.80. The Kier molecular flexibility index (Phi) is 5.69. The zero-order valence-electron chi connectivity index (χ0n) is 15.9. The van der Waals surface area contributed by atoms with E-state index in [1.807, 2.05) is 11.8 Å². The number of aryl methyl sites for hydroxylation is 1. The van der Waals surface area contributed by atoms with Gasteiger partial charge in [-0.15, -0.1) is 0 Å². The molecule has 2 fully saturated rings. The number of morpholine rings is 1. The van der Waals surface area contributed by atoms with E-state index in [4.69, 9.17) is 4.74 Å². The van der Waals surface area contributed by atoms with Crippen LogP contribution in [0.15, 0.2) is 6.20 Å². The van der Waals surface area contributed by atoms with Crippen LogP contribution in [0.2, 0.25) is 0 Å². The molecule has 2 aliphatic heterocycles. The van der Waals surface area contributed by atoms with Crippen molar-refractivity contribution in [3.63, 3.8) is 0 Å². The molecule has 0 unspecified atom stereocenters. The highest BCUT2D eigenvalue weighted by molar-refractivity contribution is 5.95. The normalized spacial score (nSPS) is 24.9. The van der Waals surface area contributed by atoms with E-state index in [9.17, 15) is 4.79 Å². The number of likely N-dealkylation sites (tertiary alicyclic amines) is 1. The molecule has 1 aromatic rings. The summed E-state index contributed by atoms with van der Waals surface area (Å²) in [5.41, 5.74) is 1.53. The molecule has 0 aliphatic carbocycles. The third kappa shape index (κ3) is 3.85. The van der Waals surface area contributed by atoms with Crippen LogP contribution in [0, 0.1) is 12.8 Å². The van der Waals surface area contributed by atoms with Crippen molar-refractivity contribution in [2.24, 2.45) is 5.92 Å². The van der Waals surface area contributed by atoms with Gasteiger partial charge in [-0.25, -0.2) is 9.97 Å². The molecular weight excluding hydrogens is 316 g/mol. The Labute approximate surface area is 150 Å². The number of nitrogens with zero attached hydrogens (tertiary/aromatic N) is 4. The average Bonchev–Trinajstić information content (AvgIpc) is 3.06. The Morgan fingerprint density at radius 2 is 2.04 bits per heavy atom. The van der Waals surface area contributed by atoms with Crippen molar-refractivity contribution >= 4 is 5.91 Å². The van der Waals surface area contributed by atoms with E-state index in [-0.39, 0.29) is 11.8 Å². The molecule has 6 nitrogen and oxygen atoms in total. The second-order valence-electron chi connectivity index (χ2n) is 7.46. The van der Waals surface area contributed by atoms with Gasteiger partial charge in [0.2, 0.25) is 0 Å². The molecule has 138 valence electrons. The number of ether oxygens (including phenoxy) is 1. The van der Waals surface area contributed by atoms with Crippen LogP contribution < -0.4 is 0 Å². The van der Waals surface area contributed by atoms with E-state index in [1.54, 1.807) is 6.20 Å². The molecule has 0 bridgehead atoms. The fourth-order valence-electron chi connectivity index (χ4n) is 4.01. The molecule has 6 heteroatoms. The fourth-order valence-corrected chi connectivity index (χ4v) is 4.01. The van der Waals surface area contributed by atoms with E-state index >= 15 is 0 Å². The summed E-state index contributed by atoms with van der Waals surface area (Å²) in [5.74, 6) is 1.54. The van der Waals surface area contributed by atoms with Crippen molar-refractivity contribution in [1.29, 1.82) is 0 Å². The maximum atomic E-state index is 13.2. The lowest BCUT2D eigenvalue weighted by atomic mass is 9.99. The smallest absolute Gasteiger partial charge is 0.257 e. The zero-order valence-corrected chi connectivity index (χ0v) is 15.9. The van der Waals surface area contributed by atoms with Crippen LogP contribution in [0.1, 0.15) is 55.0 Å². The van der Waals surface area contributed by atoms with Crippen LogP contribution in [0.5, 0.6) is 0 Å². The lowest BCUT2D eigenvalue weighted by Gasteiger charge is -2.34. The summed E-state index contributed by atoms with van der Waals surface area (Å²) in [6, 6.07) is 0.437. The molecule has 2 saturated heterocycles. The van der Waals surface area contributed by atoms with E-state index in [2.05, 4.69) is 35.6 Å². The number of amides is 1. The lowest BCUT2D eigenvalue weighted by Crippen LogP contribution is -2.47. The maximum absolute atomic E-state index is 13.2. The summed E-state index contributed by atoms with van der Waals surface area (Å²) in [4.78, 5) is 26.5. The van der Waals surface area contributed by atoms with Gasteiger partial charge in [0.25, 0.3) is 5.91 Å². The molecule has 3 heterocycles. The number of carbonyl (C=O) groups is 1. The standard InChI is InChI=1S/C19H30N4O2/c1-5-15-11-23(12-17(15)22-6-8-25-9-7-22)19(24)16-10-20-14(4)21-18(16)13(2)3/h10,13,15,17H,5-9,11-12H2,1-4H3/t15-,17+/m0/s1. The molecule has 0 spiro atoms. The van der Waals surface area contributed by atoms with Crippen LogP contribution in [0.25, 0.3) is 0 Å². The largest absolute Gasteiger partial charge is 0.379 e. The minimum absolute atomic E-state index is 0.0814. The van der Waals surface area contributed by atoms with Crippen molar-refractivity contribution in [1.82, 2.24) is 19.8 Å². The summed E-state index contributed by atoms with van der Waals surface area (Å²) < 4.78 is 5.49. The quantitative estimate of drug-likeness (QED) is 0.835. The van der Waals surface area contributed by atoms with Gasteiger partial charge < -0.3 is 9.64 Å². The van der Waals surface area contributed by atoms with Gasteiger partial charge in [0.1, 0.15) is 5.82 Å². The monoisotopic (exact) mass is 346 g/mol. The van der Waals surface area contributed by atoms with Crippen LogP contribution in [0.4, 0.5) is 0 Å². The van der Waals surface area contributed by atoms with Gasteiger partial charge >= 0.3 is 0 Å². The Balaban J connectivity index is 1.79. The van der Waals surface area contributed by atoms with Gasteiger partial charge in [0.15, 0.2) is 0 Å². The molecule has 1 amide bonds. The fraction of sp³-hybridized carbons (Fsp3) is 0.737. The molecular formula is C19H30N4O2. The third-order valence-corrected chi connectivity index (χ3v) is 5.45. The Hall–Kier alpha value is -1.53. The Bertz CT molecular complexity index is 613. The first kappa shape index (κ1) is 18.3. The lowest BCUT2D eigenvalue weighted by molar-refractivity contribution is 0.0103. The van der Waals surface area contributed by atoms with Crippen molar-refractivity contribution in [2.45, 2.75) is 46.1 Å². The van der Waals surface area contributed by atoms with E-state index in [0.29, 0.717) is 17.5 Å². The summed E-state index contributed by atoms with van der Waals surface area (Å²) in [6.45, 7) is 13.4. The topological polar surface area (TPSA) is 58.6 Å². The minimum atomic E-state index is 0.0814. The van der Waals surface area contributed by atoms with Crippen LogP contribution in [-0.4, -0.2) is 71.1 Å². The van der Waals surface area contributed by atoms with Crippen molar-refractivity contribution in [3.8, 4) is 0 Å². The SMILES string of the molecule is CC[C@H]1CN(C(=O)c2cnc(C)nc2C(C)C)C[C@H]1N1CCOCC1. The van der Waals surface area contributed by atoms with Crippen LogP contribution in [-0.2, 0) is 4.74 Å². The highest BCUT2D eigenvalue weighted by atomic mass is 16.5. The maximum Gasteiger partial charge on any atom is 0.257 e. The molecule has 0 N–H and O–H groups in total. The van der Waals surface area contributed by atoms with Gasteiger partial charge in [0.05, 0.1) is 24.5 Å². The highest BCUT2D eigenvalue weighted by Crippen LogP contribution is 2.28. The van der Waals surface area contributed by atoms with Crippen LogP contribution >= 0.6 is 0 Å². The number of hydrogen-bond acceptors (Lipinski definition) is 5.